The van der Waals surface area contributed by atoms with Gasteiger partial charge in [-0.3, -0.25) is 9.31 Å². The van der Waals surface area contributed by atoms with Gasteiger partial charge in [0, 0.05) is 29.0 Å². The molecule has 0 spiro atoms. The van der Waals surface area contributed by atoms with E-state index >= 15 is 0 Å². The minimum atomic E-state index is -0.895. The summed E-state index contributed by atoms with van der Waals surface area (Å²) >= 11 is 0. The van der Waals surface area contributed by atoms with Crippen LogP contribution in [0.5, 0.6) is 0 Å². The van der Waals surface area contributed by atoms with Crippen molar-refractivity contribution in [3.05, 3.63) is 42.0 Å². The van der Waals surface area contributed by atoms with E-state index in [1.807, 2.05) is 30.3 Å². The number of likely N-dealkylation sites (tertiary alicyclic amines) is 1. The predicted molar refractivity (Wildman–Crippen MR) is 94.5 cm³/mol. The number of rotatable bonds is 6. The number of aromatic amines is 1. The summed E-state index contributed by atoms with van der Waals surface area (Å²) in [5.74, 6) is 3.92. The molecule has 6 heteroatoms. The lowest BCUT2D eigenvalue weighted by atomic mass is 9.96. The molecule has 1 N–H and O–H groups in total. The van der Waals surface area contributed by atoms with Gasteiger partial charge in [-0.1, -0.05) is 18.2 Å². The van der Waals surface area contributed by atoms with E-state index in [4.69, 9.17) is 4.98 Å². The normalized spacial score (nSPS) is 21.0. The Morgan fingerprint density at radius 2 is 1.83 bits per heavy atom. The summed E-state index contributed by atoms with van der Waals surface area (Å²) in [7, 11) is -0.895. The summed E-state index contributed by atoms with van der Waals surface area (Å²) in [5.41, 5.74) is 0. The third kappa shape index (κ3) is 3.75. The maximum atomic E-state index is 12.3. The highest BCUT2D eigenvalue weighted by atomic mass is 32.2. The van der Waals surface area contributed by atoms with Gasteiger partial charge in [-0.15, -0.1) is 0 Å². The van der Waals surface area contributed by atoms with E-state index in [2.05, 4.69) is 15.1 Å². The second-order valence-electron chi connectivity index (χ2n) is 6.83. The van der Waals surface area contributed by atoms with Gasteiger partial charge in [0.05, 0.1) is 10.8 Å². The molecule has 0 amide bonds. The lowest BCUT2D eigenvalue weighted by Crippen LogP contribution is -2.35. The Hall–Kier alpha value is -1.53. The molecular weight excluding hydrogens is 320 g/mol. The van der Waals surface area contributed by atoms with E-state index in [1.54, 1.807) is 0 Å². The first-order chi connectivity index (χ1) is 11.8. The fourth-order valence-corrected chi connectivity index (χ4v) is 4.45. The van der Waals surface area contributed by atoms with E-state index in [0.717, 1.165) is 49.0 Å². The van der Waals surface area contributed by atoms with Crippen molar-refractivity contribution in [2.45, 2.75) is 42.4 Å². The van der Waals surface area contributed by atoms with Crippen LogP contribution in [0, 0.1) is 0 Å². The van der Waals surface area contributed by atoms with Crippen LogP contribution in [0.15, 0.2) is 35.2 Å². The lowest BCUT2D eigenvalue weighted by Gasteiger charge is -2.30. The second kappa shape index (κ2) is 7.15. The summed E-state index contributed by atoms with van der Waals surface area (Å²) in [6, 6.07) is 9.76. The number of nitrogens with one attached hydrogen (secondary N) is 1. The summed E-state index contributed by atoms with van der Waals surface area (Å²) in [4.78, 5) is 8.06. The molecule has 1 saturated carbocycles. The Balaban J connectivity index is 1.24. The zero-order valence-electron chi connectivity index (χ0n) is 13.9. The lowest BCUT2D eigenvalue weighted by molar-refractivity contribution is 0.220. The molecule has 0 unspecified atom stereocenters. The number of benzene rings is 1. The number of aromatic nitrogens is 3. The fraction of sp³-hybridized carbons (Fsp3) is 0.556. The maximum absolute atomic E-state index is 12.3. The topological polar surface area (TPSA) is 61.9 Å². The average molecular weight is 344 g/mol. The number of piperidine rings is 1. The van der Waals surface area contributed by atoms with Crippen LogP contribution < -0.4 is 0 Å². The van der Waals surface area contributed by atoms with Crippen molar-refractivity contribution in [1.29, 1.82) is 0 Å². The van der Waals surface area contributed by atoms with E-state index < -0.39 is 10.8 Å². The highest BCUT2D eigenvalue weighted by molar-refractivity contribution is 7.85. The van der Waals surface area contributed by atoms with Crippen molar-refractivity contribution in [1.82, 2.24) is 20.1 Å². The third-order valence-electron chi connectivity index (χ3n) is 5.04. The first-order valence-electron chi connectivity index (χ1n) is 8.87. The van der Waals surface area contributed by atoms with E-state index in [1.165, 1.54) is 12.8 Å². The summed E-state index contributed by atoms with van der Waals surface area (Å²) in [6.45, 7) is 3.00. The largest absolute Gasteiger partial charge is 0.302 e. The van der Waals surface area contributed by atoms with Gasteiger partial charge in [-0.2, -0.15) is 5.10 Å². The molecule has 24 heavy (non-hydrogen) atoms. The smallest absolute Gasteiger partial charge is 0.153 e. The van der Waals surface area contributed by atoms with Crippen molar-refractivity contribution in [2.24, 2.45) is 0 Å². The van der Waals surface area contributed by atoms with Crippen LogP contribution in [-0.2, 0) is 10.8 Å². The molecule has 1 aliphatic heterocycles. The molecule has 2 aliphatic rings. The monoisotopic (exact) mass is 344 g/mol. The Morgan fingerprint density at radius 3 is 2.54 bits per heavy atom. The first-order valence-corrected chi connectivity index (χ1v) is 10.2. The van der Waals surface area contributed by atoms with Crippen LogP contribution in [0.2, 0.25) is 0 Å². The van der Waals surface area contributed by atoms with Crippen LogP contribution in [0.3, 0.4) is 0 Å². The Morgan fingerprint density at radius 1 is 1.08 bits per heavy atom. The summed E-state index contributed by atoms with van der Waals surface area (Å²) in [6.07, 6.45) is 4.71. The van der Waals surface area contributed by atoms with Crippen molar-refractivity contribution in [3.8, 4) is 0 Å². The van der Waals surface area contributed by atoms with Crippen molar-refractivity contribution < 1.29 is 4.21 Å². The SMILES string of the molecule is O=[S@@](CCN1CCC(c2nc(C3CC3)n[nH]2)CC1)c1ccccc1. The van der Waals surface area contributed by atoms with Gasteiger partial charge in [0.2, 0.25) is 0 Å². The van der Waals surface area contributed by atoms with E-state index in [-0.39, 0.29) is 0 Å². The van der Waals surface area contributed by atoms with Crippen LogP contribution >= 0.6 is 0 Å². The van der Waals surface area contributed by atoms with Gasteiger partial charge in [0.15, 0.2) is 5.82 Å². The molecule has 1 saturated heterocycles. The van der Waals surface area contributed by atoms with Gasteiger partial charge in [0.1, 0.15) is 5.82 Å². The predicted octanol–water partition coefficient (Wildman–Crippen LogP) is 2.67. The number of nitrogens with zero attached hydrogens (tertiary/aromatic N) is 3. The standard InChI is InChI=1S/C18H24N4OS/c23-24(16-4-2-1-3-5-16)13-12-22-10-8-15(9-11-22)18-19-17(20-21-18)14-6-7-14/h1-5,14-15H,6-13H2,(H,19,20,21)/t24-/m0/s1. The second-order valence-corrected chi connectivity index (χ2v) is 8.40. The Labute approximate surface area is 145 Å². The average Bonchev–Trinajstić information content (AvgIpc) is 3.38. The van der Waals surface area contributed by atoms with Gasteiger partial charge in [0.25, 0.3) is 0 Å². The van der Waals surface area contributed by atoms with Gasteiger partial charge >= 0.3 is 0 Å². The molecular formula is C18H24N4OS. The third-order valence-corrected chi connectivity index (χ3v) is 6.39. The highest BCUT2D eigenvalue weighted by Crippen LogP contribution is 2.38. The molecule has 1 atom stereocenters. The number of hydrogen-bond acceptors (Lipinski definition) is 4. The molecule has 1 aromatic heterocycles. The number of H-pyrrole nitrogens is 1. The zero-order valence-corrected chi connectivity index (χ0v) is 14.7. The van der Waals surface area contributed by atoms with Crippen molar-refractivity contribution in [2.75, 3.05) is 25.4 Å². The minimum Gasteiger partial charge on any atom is -0.302 e. The molecule has 2 heterocycles. The summed E-state index contributed by atoms with van der Waals surface area (Å²) in [5, 5.41) is 7.53. The quantitative estimate of drug-likeness (QED) is 0.875. The van der Waals surface area contributed by atoms with Crippen molar-refractivity contribution in [3.63, 3.8) is 0 Å². The summed E-state index contributed by atoms with van der Waals surface area (Å²) < 4.78 is 12.3. The first kappa shape index (κ1) is 16.0. The van der Waals surface area contributed by atoms with Gasteiger partial charge in [-0.05, 0) is 50.9 Å². The highest BCUT2D eigenvalue weighted by Gasteiger charge is 2.30. The van der Waals surface area contributed by atoms with Crippen LogP contribution in [0.4, 0.5) is 0 Å². The molecule has 0 bridgehead atoms. The molecule has 5 nitrogen and oxygen atoms in total. The van der Waals surface area contributed by atoms with Crippen LogP contribution in [0.1, 0.15) is 49.2 Å². The molecule has 2 fully saturated rings. The van der Waals surface area contributed by atoms with E-state index in [9.17, 15) is 4.21 Å². The van der Waals surface area contributed by atoms with E-state index in [0.29, 0.717) is 17.6 Å². The molecule has 4 rings (SSSR count). The molecule has 128 valence electrons. The molecule has 0 radical (unpaired) electrons. The minimum absolute atomic E-state index is 0.501. The van der Waals surface area contributed by atoms with Gasteiger partial charge in [-0.25, -0.2) is 4.98 Å². The molecule has 2 aromatic rings. The van der Waals surface area contributed by atoms with Gasteiger partial charge < -0.3 is 4.90 Å². The Bertz CT molecular complexity index is 690. The zero-order chi connectivity index (χ0) is 16.4. The Kier molecular flexibility index (Phi) is 4.76. The fourth-order valence-electron chi connectivity index (χ4n) is 3.33. The van der Waals surface area contributed by atoms with Crippen LogP contribution in [-0.4, -0.2) is 49.7 Å². The number of hydrogen-bond donors (Lipinski definition) is 1. The van der Waals surface area contributed by atoms with Crippen molar-refractivity contribution >= 4 is 10.8 Å². The van der Waals surface area contributed by atoms with Crippen LogP contribution in [0.25, 0.3) is 0 Å². The molecule has 1 aromatic carbocycles. The molecule has 1 aliphatic carbocycles. The maximum Gasteiger partial charge on any atom is 0.153 e.